The Hall–Kier alpha value is -3.92. The summed E-state index contributed by atoms with van der Waals surface area (Å²) in [5, 5.41) is 25.1. The van der Waals surface area contributed by atoms with Crippen LogP contribution in [-0.4, -0.2) is 19.7 Å². The highest BCUT2D eigenvalue weighted by atomic mass is 32.1. The zero-order chi connectivity index (χ0) is 23.8. The summed E-state index contributed by atoms with van der Waals surface area (Å²) >= 11 is 1.36. The number of aromatic nitrogens is 3. The van der Waals surface area contributed by atoms with Crippen LogP contribution in [0.15, 0.2) is 68.9 Å². The second-order valence-electron chi connectivity index (χ2n) is 8.54. The monoisotopic (exact) mass is 462 g/mol. The normalized spacial score (nSPS) is 11.9. The molecule has 2 heterocycles. The lowest BCUT2D eigenvalue weighted by Crippen LogP contribution is -2.16. The van der Waals surface area contributed by atoms with Crippen LogP contribution in [0.3, 0.4) is 0 Å². The molecule has 0 saturated carbocycles. The highest BCUT2D eigenvalue weighted by Crippen LogP contribution is 2.31. The number of hydrogen-bond donors (Lipinski definition) is 1. The van der Waals surface area contributed by atoms with Crippen LogP contribution in [-0.2, 0) is 5.41 Å². The van der Waals surface area contributed by atoms with Gasteiger partial charge >= 0.3 is 5.56 Å². The number of nitro groups is 1. The van der Waals surface area contributed by atoms with E-state index in [0.29, 0.717) is 16.4 Å². The molecule has 0 aliphatic carbocycles. The SMILES string of the molecule is Cc1ccc(N=Nc2c(-c3ccccc3)[nH]n(-c3nc(C(C)(C)C)cs3)c2=O)cc1[N+](=O)[O-]. The van der Waals surface area contributed by atoms with Crippen molar-refractivity contribution < 1.29 is 4.92 Å². The Morgan fingerprint density at radius 1 is 1.12 bits per heavy atom. The van der Waals surface area contributed by atoms with Crippen molar-refractivity contribution in [3.8, 4) is 16.4 Å². The van der Waals surface area contributed by atoms with Crippen LogP contribution < -0.4 is 5.56 Å². The lowest BCUT2D eigenvalue weighted by atomic mass is 9.93. The molecule has 0 fully saturated rings. The molecule has 0 atom stereocenters. The maximum atomic E-state index is 13.3. The molecule has 0 aliphatic heterocycles. The van der Waals surface area contributed by atoms with Gasteiger partial charge in [0.2, 0.25) is 5.13 Å². The molecule has 0 amide bonds. The summed E-state index contributed by atoms with van der Waals surface area (Å²) < 4.78 is 1.36. The fourth-order valence-corrected chi connectivity index (χ4v) is 4.15. The van der Waals surface area contributed by atoms with Crippen molar-refractivity contribution in [2.24, 2.45) is 10.2 Å². The molecule has 1 N–H and O–H groups in total. The fourth-order valence-electron chi connectivity index (χ4n) is 3.14. The second-order valence-corrected chi connectivity index (χ2v) is 9.37. The molecule has 0 aliphatic rings. The molecule has 168 valence electrons. The van der Waals surface area contributed by atoms with Crippen molar-refractivity contribution in [1.82, 2.24) is 14.8 Å². The highest BCUT2D eigenvalue weighted by Gasteiger charge is 2.22. The summed E-state index contributed by atoms with van der Waals surface area (Å²) in [7, 11) is 0. The van der Waals surface area contributed by atoms with Crippen molar-refractivity contribution in [1.29, 1.82) is 0 Å². The maximum Gasteiger partial charge on any atom is 0.301 e. The molecule has 2 aromatic heterocycles. The third kappa shape index (κ3) is 4.51. The minimum Gasteiger partial charge on any atom is -0.286 e. The smallest absolute Gasteiger partial charge is 0.286 e. The van der Waals surface area contributed by atoms with Crippen LogP contribution in [0.5, 0.6) is 0 Å². The number of nitro benzene ring substituents is 1. The number of benzene rings is 2. The molecule has 4 aromatic rings. The standard InChI is InChI=1S/C23H22N6O3S/c1-14-10-11-16(12-17(14)29(31)32)25-26-20-19(15-8-6-5-7-9-15)27-28(21(20)30)22-24-18(13-33-22)23(2,3)4/h5-13,27H,1-4H3. The van der Waals surface area contributed by atoms with Gasteiger partial charge in [0.05, 0.1) is 22.0 Å². The number of nitrogens with one attached hydrogen (secondary N) is 1. The number of hydrogen-bond acceptors (Lipinski definition) is 7. The predicted octanol–water partition coefficient (Wildman–Crippen LogP) is 6.22. The summed E-state index contributed by atoms with van der Waals surface area (Å²) in [6.07, 6.45) is 0. The van der Waals surface area contributed by atoms with E-state index in [4.69, 9.17) is 0 Å². The first-order chi connectivity index (χ1) is 15.6. The average molecular weight is 463 g/mol. The summed E-state index contributed by atoms with van der Waals surface area (Å²) in [4.78, 5) is 28.7. The molecule has 33 heavy (non-hydrogen) atoms. The molecule has 4 rings (SSSR count). The summed E-state index contributed by atoms with van der Waals surface area (Å²) in [5.41, 5.74) is 2.39. The van der Waals surface area contributed by atoms with E-state index in [1.54, 1.807) is 19.1 Å². The van der Waals surface area contributed by atoms with Gasteiger partial charge in [-0.15, -0.1) is 16.5 Å². The van der Waals surface area contributed by atoms with Gasteiger partial charge in [-0.2, -0.15) is 9.80 Å². The van der Waals surface area contributed by atoms with Gasteiger partial charge in [0.25, 0.3) is 5.69 Å². The number of aryl methyl sites for hydroxylation is 1. The summed E-state index contributed by atoms with van der Waals surface area (Å²) in [5.74, 6) is 0. The van der Waals surface area contributed by atoms with Crippen molar-refractivity contribution in [2.45, 2.75) is 33.1 Å². The molecule has 10 heteroatoms. The molecular formula is C23H22N6O3S. The lowest BCUT2D eigenvalue weighted by Gasteiger charge is -2.14. The Balaban J connectivity index is 1.83. The molecule has 0 bridgehead atoms. The number of aromatic amines is 1. The molecule has 9 nitrogen and oxygen atoms in total. The lowest BCUT2D eigenvalue weighted by molar-refractivity contribution is -0.385. The number of nitrogens with zero attached hydrogens (tertiary/aromatic N) is 5. The molecule has 2 aromatic carbocycles. The Labute approximate surface area is 193 Å². The molecule has 0 saturated heterocycles. The minimum absolute atomic E-state index is 0.0568. The van der Waals surface area contributed by atoms with E-state index in [0.717, 1.165) is 11.3 Å². The largest absolute Gasteiger partial charge is 0.301 e. The predicted molar refractivity (Wildman–Crippen MR) is 128 cm³/mol. The van der Waals surface area contributed by atoms with Gasteiger partial charge in [0, 0.05) is 28.0 Å². The van der Waals surface area contributed by atoms with Crippen LogP contribution in [0.1, 0.15) is 32.0 Å². The van der Waals surface area contributed by atoms with E-state index >= 15 is 0 Å². The van der Waals surface area contributed by atoms with Gasteiger partial charge in [0.1, 0.15) is 0 Å². The van der Waals surface area contributed by atoms with Gasteiger partial charge in [0.15, 0.2) is 5.69 Å². The topological polar surface area (TPSA) is 119 Å². The van der Waals surface area contributed by atoms with E-state index in [1.165, 1.54) is 22.1 Å². The van der Waals surface area contributed by atoms with Crippen molar-refractivity contribution in [3.05, 3.63) is 85.6 Å². The number of azo groups is 1. The van der Waals surface area contributed by atoms with E-state index in [1.807, 2.05) is 35.7 Å². The summed E-state index contributed by atoms with van der Waals surface area (Å²) in [6, 6.07) is 13.9. The third-order valence-electron chi connectivity index (χ3n) is 5.04. The van der Waals surface area contributed by atoms with Crippen LogP contribution in [0.25, 0.3) is 16.4 Å². The van der Waals surface area contributed by atoms with Gasteiger partial charge in [-0.1, -0.05) is 57.2 Å². The van der Waals surface area contributed by atoms with Crippen LogP contribution in [0.4, 0.5) is 17.1 Å². The molecule has 0 spiro atoms. The Morgan fingerprint density at radius 2 is 1.85 bits per heavy atom. The highest BCUT2D eigenvalue weighted by molar-refractivity contribution is 7.12. The first-order valence-electron chi connectivity index (χ1n) is 10.2. The first kappa shape index (κ1) is 22.3. The van der Waals surface area contributed by atoms with Crippen LogP contribution in [0, 0.1) is 17.0 Å². The Morgan fingerprint density at radius 3 is 2.48 bits per heavy atom. The molecule has 0 unspecified atom stereocenters. The zero-order valence-electron chi connectivity index (χ0n) is 18.6. The van der Waals surface area contributed by atoms with Gasteiger partial charge in [-0.3, -0.25) is 20.0 Å². The third-order valence-corrected chi connectivity index (χ3v) is 5.86. The van der Waals surface area contributed by atoms with Crippen molar-refractivity contribution >= 4 is 28.4 Å². The zero-order valence-corrected chi connectivity index (χ0v) is 19.4. The van der Waals surface area contributed by atoms with Crippen molar-refractivity contribution in [2.75, 3.05) is 0 Å². The van der Waals surface area contributed by atoms with E-state index < -0.39 is 10.5 Å². The molecular weight excluding hydrogens is 440 g/mol. The second kappa shape index (κ2) is 8.55. The Kier molecular flexibility index (Phi) is 5.77. The van der Waals surface area contributed by atoms with E-state index in [9.17, 15) is 14.9 Å². The minimum atomic E-state index is -0.470. The quantitative estimate of drug-likeness (QED) is 0.215. The van der Waals surface area contributed by atoms with Crippen molar-refractivity contribution in [3.63, 3.8) is 0 Å². The fraction of sp³-hybridized carbons (Fsp3) is 0.217. The van der Waals surface area contributed by atoms with Gasteiger partial charge in [-0.05, 0) is 13.0 Å². The van der Waals surface area contributed by atoms with Crippen LogP contribution >= 0.6 is 11.3 Å². The molecule has 0 radical (unpaired) electrons. The number of thiazole rings is 1. The van der Waals surface area contributed by atoms with E-state index in [2.05, 4.69) is 41.1 Å². The Bertz CT molecular complexity index is 1410. The summed E-state index contributed by atoms with van der Waals surface area (Å²) in [6.45, 7) is 7.81. The first-order valence-corrected chi connectivity index (χ1v) is 11.1. The van der Waals surface area contributed by atoms with Gasteiger partial charge in [-0.25, -0.2) is 4.98 Å². The average Bonchev–Trinajstić information content (AvgIpc) is 3.39. The maximum absolute atomic E-state index is 13.3. The van der Waals surface area contributed by atoms with E-state index in [-0.39, 0.29) is 22.5 Å². The number of H-pyrrole nitrogens is 1. The van der Waals surface area contributed by atoms with Crippen LogP contribution in [0.2, 0.25) is 0 Å². The van der Waals surface area contributed by atoms with Gasteiger partial charge < -0.3 is 0 Å². The number of rotatable bonds is 5.